The number of rotatable bonds is 8. The van der Waals surface area contributed by atoms with Crippen LogP contribution in [0.25, 0.3) is 0 Å². The zero-order valence-corrected chi connectivity index (χ0v) is 12.2. The average molecular weight is 260 g/mol. The Morgan fingerprint density at radius 1 is 1.11 bits per heavy atom. The van der Waals surface area contributed by atoms with Gasteiger partial charge in [-0.3, -0.25) is 0 Å². The highest BCUT2D eigenvalue weighted by Gasteiger charge is 2.32. The van der Waals surface area contributed by atoms with E-state index in [4.69, 9.17) is 18.9 Å². The summed E-state index contributed by atoms with van der Waals surface area (Å²) in [7, 11) is 1.76. The third kappa shape index (κ3) is 5.22. The minimum Gasteiger partial charge on any atom is -0.384 e. The molecule has 0 N–H and O–H groups in total. The summed E-state index contributed by atoms with van der Waals surface area (Å²) in [5, 5.41) is 0. The van der Waals surface area contributed by atoms with Gasteiger partial charge in [0.1, 0.15) is 0 Å². The number of methoxy groups -OCH3 is 1. The van der Waals surface area contributed by atoms with Crippen molar-refractivity contribution in [3.63, 3.8) is 0 Å². The molecule has 0 amide bonds. The molecule has 18 heavy (non-hydrogen) atoms. The van der Waals surface area contributed by atoms with Crippen LogP contribution >= 0.6 is 0 Å². The van der Waals surface area contributed by atoms with Gasteiger partial charge in [0, 0.05) is 26.9 Å². The van der Waals surface area contributed by atoms with Crippen LogP contribution < -0.4 is 0 Å². The van der Waals surface area contributed by atoms with Gasteiger partial charge in [-0.1, -0.05) is 0 Å². The van der Waals surface area contributed by atoms with E-state index in [-0.39, 0.29) is 18.5 Å². The van der Waals surface area contributed by atoms with Crippen molar-refractivity contribution in [2.45, 2.75) is 58.5 Å². The zero-order valence-electron chi connectivity index (χ0n) is 12.2. The lowest BCUT2D eigenvalue weighted by Gasteiger charge is -2.36. The van der Waals surface area contributed by atoms with Crippen molar-refractivity contribution in [1.82, 2.24) is 0 Å². The number of hydrogen-bond acceptors (Lipinski definition) is 4. The molecule has 0 aromatic rings. The fourth-order valence-electron chi connectivity index (χ4n) is 2.64. The van der Waals surface area contributed by atoms with Crippen LogP contribution in [0.2, 0.25) is 0 Å². The quantitative estimate of drug-likeness (QED) is 0.629. The molecule has 0 heterocycles. The Morgan fingerprint density at radius 2 is 1.89 bits per heavy atom. The summed E-state index contributed by atoms with van der Waals surface area (Å²) in [5.74, 6) is 0.591. The zero-order chi connectivity index (χ0) is 13.4. The molecule has 1 rings (SSSR count). The van der Waals surface area contributed by atoms with Gasteiger partial charge in [0.15, 0.2) is 6.29 Å². The van der Waals surface area contributed by atoms with Crippen LogP contribution in [0.15, 0.2) is 0 Å². The molecule has 0 saturated heterocycles. The third-order valence-electron chi connectivity index (χ3n) is 3.39. The molecule has 0 aromatic heterocycles. The van der Waals surface area contributed by atoms with Gasteiger partial charge >= 0.3 is 0 Å². The van der Waals surface area contributed by atoms with Gasteiger partial charge < -0.3 is 18.9 Å². The van der Waals surface area contributed by atoms with E-state index in [2.05, 4.69) is 0 Å². The number of ether oxygens (including phenoxy) is 4. The van der Waals surface area contributed by atoms with Crippen molar-refractivity contribution in [3.8, 4) is 0 Å². The minimum absolute atomic E-state index is 0.151. The highest BCUT2D eigenvalue weighted by molar-refractivity contribution is 4.82. The van der Waals surface area contributed by atoms with E-state index in [1.54, 1.807) is 7.11 Å². The Hall–Kier alpha value is -0.160. The SMILES string of the molecule is CCOC(C)OC1CCC(COC)CC1OCC. The monoisotopic (exact) mass is 260 g/mol. The maximum atomic E-state index is 5.94. The van der Waals surface area contributed by atoms with Crippen LogP contribution in [0.5, 0.6) is 0 Å². The Balaban J connectivity index is 2.45. The Kier molecular flexibility index (Phi) is 7.82. The maximum Gasteiger partial charge on any atom is 0.155 e. The van der Waals surface area contributed by atoms with E-state index < -0.39 is 0 Å². The van der Waals surface area contributed by atoms with Gasteiger partial charge in [0.2, 0.25) is 0 Å². The lowest BCUT2D eigenvalue weighted by atomic mass is 9.85. The molecule has 1 aliphatic carbocycles. The normalized spacial score (nSPS) is 30.3. The van der Waals surface area contributed by atoms with Gasteiger partial charge in [0.25, 0.3) is 0 Å². The van der Waals surface area contributed by atoms with Gasteiger partial charge in [0.05, 0.1) is 12.2 Å². The first-order valence-electron chi connectivity index (χ1n) is 7.08. The summed E-state index contributed by atoms with van der Waals surface area (Å²) in [6.07, 6.45) is 3.36. The minimum atomic E-state index is -0.151. The largest absolute Gasteiger partial charge is 0.384 e. The molecule has 0 radical (unpaired) electrons. The summed E-state index contributed by atoms with van der Waals surface area (Å²) in [6.45, 7) is 8.19. The second-order valence-electron chi connectivity index (χ2n) is 4.83. The van der Waals surface area contributed by atoms with E-state index >= 15 is 0 Å². The highest BCUT2D eigenvalue weighted by atomic mass is 16.7. The molecule has 4 atom stereocenters. The van der Waals surface area contributed by atoms with Crippen LogP contribution in [0.1, 0.15) is 40.0 Å². The summed E-state index contributed by atoms with van der Waals surface area (Å²) in [5.41, 5.74) is 0. The van der Waals surface area contributed by atoms with Crippen molar-refractivity contribution in [2.24, 2.45) is 5.92 Å². The van der Waals surface area contributed by atoms with Crippen molar-refractivity contribution in [2.75, 3.05) is 26.9 Å². The van der Waals surface area contributed by atoms with Crippen LogP contribution in [0.3, 0.4) is 0 Å². The fourth-order valence-corrected chi connectivity index (χ4v) is 2.64. The van der Waals surface area contributed by atoms with Gasteiger partial charge in [-0.2, -0.15) is 0 Å². The van der Waals surface area contributed by atoms with Crippen LogP contribution in [0, 0.1) is 5.92 Å². The van der Waals surface area contributed by atoms with Crippen LogP contribution in [-0.4, -0.2) is 45.4 Å². The van der Waals surface area contributed by atoms with Crippen molar-refractivity contribution < 1.29 is 18.9 Å². The molecular formula is C14H28O4. The molecule has 1 fully saturated rings. The van der Waals surface area contributed by atoms with Gasteiger partial charge in [-0.25, -0.2) is 0 Å². The lowest BCUT2D eigenvalue weighted by molar-refractivity contribution is -0.200. The molecule has 0 aromatic carbocycles. The van der Waals surface area contributed by atoms with Gasteiger partial charge in [-0.05, 0) is 46.0 Å². The van der Waals surface area contributed by atoms with Crippen molar-refractivity contribution in [3.05, 3.63) is 0 Å². The first kappa shape index (κ1) is 15.9. The van der Waals surface area contributed by atoms with Crippen molar-refractivity contribution >= 4 is 0 Å². The topological polar surface area (TPSA) is 36.9 Å². The molecule has 0 bridgehead atoms. The molecule has 1 saturated carbocycles. The molecule has 1 aliphatic rings. The molecule has 4 heteroatoms. The molecule has 0 aliphatic heterocycles. The molecule has 0 spiro atoms. The Bertz CT molecular complexity index is 208. The summed E-state index contributed by atoms with van der Waals surface area (Å²) in [6, 6.07) is 0. The summed E-state index contributed by atoms with van der Waals surface area (Å²) in [4.78, 5) is 0. The lowest BCUT2D eigenvalue weighted by Crippen LogP contribution is -2.41. The van der Waals surface area contributed by atoms with E-state index in [0.29, 0.717) is 12.5 Å². The fraction of sp³-hybridized carbons (Fsp3) is 1.00. The smallest absolute Gasteiger partial charge is 0.155 e. The van der Waals surface area contributed by atoms with E-state index in [1.165, 1.54) is 0 Å². The second-order valence-corrected chi connectivity index (χ2v) is 4.83. The third-order valence-corrected chi connectivity index (χ3v) is 3.39. The van der Waals surface area contributed by atoms with E-state index in [0.717, 1.165) is 32.5 Å². The van der Waals surface area contributed by atoms with Gasteiger partial charge in [-0.15, -0.1) is 0 Å². The second kappa shape index (κ2) is 8.86. The van der Waals surface area contributed by atoms with Crippen molar-refractivity contribution in [1.29, 1.82) is 0 Å². The van der Waals surface area contributed by atoms with E-state index in [1.807, 2.05) is 20.8 Å². The molecule has 4 unspecified atom stereocenters. The molecule has 4 nitrogen and oxygen atoms in total. The Labute approximate surface area is 111 Å². The van der Waals surface area contributed by atoms with E-state index in [9.17, 15) is 0 Å². The van der Waals surface area contributed by atoms with Crippen LogP contribution in [0.4, 0.5) is 0 Å². The Morgan fingerprint density at radius 3 is 2.50 bits per heavy atom. The molecular weight excluding hydrogens is 232 g/mol. The predicted molar refractivity (Wildman–Crippen MR) is 70.6 cm³/mol. The van der Waals surface area contributed by atoms with Crippen LogP contribution in [-0.2, 0) is 18.9 Å². The highest BCUT2D eigenvalue weighted by Crippen LogP contribution is 2.29. The first-order valence-corrected chi connectivity index (χ1v) is 7.08. The predicted octanol–water partition coefficient (Wildman–Crippen LogP) is 2.61. The first-order chi connectivity index (χ1) is 8.71. The summed E-state index contributed by atoms with van der Waals surface area (Å²) >= 11 is 0. The maximum absolute atomic E-state index is 5.94. The molecule has 108 valence electrons. The average Bonchev–Trinajstić information content (AvgIpc) is 2.33. The number of hydrogen-bond donors (Lipinski definition) is 0. The summed E-state index contributed by atoms with van der Waals surface area (Å²) < 4.78 is 22.4. The standard InChI is InChI=1S/C14H28O4/c1-5-16-11(3)18-13-8-7-12(10-15-4)9-14(13)17-6-2/h11-14H,5-10H2,1-4H3.